The molecule has 0 amide bonds. The maximum absolute atomic E-state index is 5.63. The van der Waals surface area contributed by atoms with Crippen LogP contribution in [0.2, 0.25) is 0 Å². The summed E-state index contributed by atoms with van der Waals surface area (Å²) in [5, 5.41) is 3.29. The van der Waals surface area contributed by atoms with Crippen LogP contribution in [0.5, 0.6) is 6.01 Å². The van der Waals surface area contributed by atoms with Gasteiger partial charge in [0.1, 0.15) is 6.10 Å². The summed E-state index contributed by atoms with van der Waals surface area (Å²) < 4.78 is 5.63. The molecule has 1 aromatic heterocycles. The average Bonchev–Trinajstić information content (AvgIpc) is 2.23. The summed E-state index contributed by atoms with van der Waals surface area (Å²) in [4.78, 5) is 8.22. The molecular weight excluding hydrogens is 214 g/mol. The number of aromatic nitrogens is 2. The van der Waals surface area contributed by atoms with E-state index in [2.05, 4.69) is 15.3 Å². The molecule has 1 unspecified atom stereocenters. The highest BCUT2D eigenvalue weighted by Crippen LogP contribution is 2.09. The lowest BCUT2D eigenvalue weighted by Crippen LogP contribution is -2.37. The number of nitrogens with zero attached hydrogens (tertiary/aromatic N) is 2. The zero-order valence-electron chi connectivity index (χ0n) is 8.77. The number of halogens is 1. The van der Waals surface area contributed by atoms with Gasteiger partial charge in [-0.1, -0.05) is 0 Å². The van der Waals surface area contributed by atoms with E-state index >= 15 is 0 Å². The Morgan fingerprint density at radius 3 is 2.73 bits per heavy atom. The molecule has 4 nitrogen and oxygen atoms in total. The number of nitrogens with one attached hydrogen (secondary N) is 1. The molecule has 0 aliphatic carbocycles. The van der Waals surface area contributed by atoms with Crippen molar-refractivity contribution in [3.05, 3.63) is 18.0 Å². The highest BCUT2D eigenvalue weighted by molar-refractivity contribution is 5.85. The first kappa shape index (κ1) is 12.2. The predicted octanol–water partition coefficient (Wildman–Crippen LogP) is 1.34. The molecular formula is C10H16ClN3O. The molecule has 2 heterocycles. The van der Waals surface area contributed by atoms with Crippen molar-refractivity contribution in [2.45, 2.75) is 25.9 Å². The minimum Gasteiger partial charge on any atom is -0.459 e. The van der Waals surface area contributed by atoms with Gasteiger partial charge in [-0.3, -0.25) is 0 Å². The lowest BCUT2D eigenvalue weighted by molar-refractivity contribution is 0.153. The second-order valence-electron chi connectivity index (χ2n) is 3.63. The third-order valence-electron chi connectivity index (χ3n) is 2.28. The smallest absolute Gasteiger partial charge is 0.316 e. The molecule has 1 aliphatic heterocycles. The first-order valence-corrected chi connectivity index (χ1v) is 5.00. The zero-order chi connectivity index (χ0) is 9.80. The summed E-state index contributed by atoms with van der Waals surface area (Å²) in [6, 6.07) is 0.490. The summed E-state index contributed by atoms with van der Waals surface area (Å²) in [5.41, 5.74) is 1.05. The second kappa shape index (κ2) is 5.88. The van der Waals surface area contributed by atoms with Crippen LogP contribution in [0.4, 0.5) is 0 Å². The first-order chi connectivity index (χ1) is 6.84. The van der Waals surface area contributed by atoms with Gasteiger partial charge in [-0.05, 0) is 31.9 Å². The van der Waals surface area contributed by atoms with E-state index in [0.29, 0.717) is 6.01 Å². The van der Waals surface area contributed by atoms with Crippen LogP contribution in [0.3, 0.4) is 0 Å². The van der Waals surface area contributed by atoms with Crippen molar-refractivity contribution >= 4 is 12.4 Å². The van der Waals surface area contributed by atoms with Crippen LogP contribution >= 0.6 is 12.4 Å². The molecule has 0 saturated carbocycles. The average molecular weight is 230 g/mol. The normalized spacial score (nSPS) is 20.5. The van der Waals surface area contributed by atoms with Gasteiger partial charge in [0.15, 0.2) is 0 Å². The molecule has 84 valence electrons. The van der Waals surface area contributed by atoms with E-state index in [1.54, 1.807) is 12.4 Å². The van der Waals surface area contributed by atoms with Crippen LogP contribution in [-0.2, 0) is 0 Å². The fourth-order valence-electron chi connectivity index (χ4n) is 1.51. The standard InChI is InChI=1S/C10H15N3O.ClH/c1-8-5-12-10(13-6-8)14-9-3-2-4-11-7-9;/h5-6,9,11H,2-4,7H2,1H3;1H. The molecule has 0 spiro atoms. The molecule has 15 heavy (non-hydrogen) atoms. The van der Waals surface area contributed by atoms with Gasteiger partial charge >= 0.3 is 6.01 Å². The molecule has 1 fully saturated rings. The third kappa shape index (κ3) is 3.64. The van der Waals surface area contributed by atoms with Gasteiger partial charge < -0.3 is 10.1 Å². The number of ether oxygens (including phenoxy) is 1. The molecule has 1 aliphatic rings. The number of rotatable bonds is 2. The molecule has 1 aromatic rings. The van der Waals surface area contributed by atoms with Gasteiger partial charge in [-0.25, -0.2) is 9.97 Å². The first-order valence-electron chi connectivity index (χ1n) is 5.00. The summed E-state index contributed by atoms with van der Waals surface area (Å²) in [6.07, 6.45) is 6.03. The lowest BCUT2D eigenvalue weighted by atomic mass is 10.1. The van der Waals surface area contributed by atoms with Crippen molar-refractivity contribution in [1.29, 1.82) is 0 Å². The van der Waals surface area contributed by atoms with E-state index in [9.17, 15) is 0 Å². The van der Waals surface area contributed by atoms with Crippen LogP contribution < -0.4 is 10.1 Å². The Kier molecular flexibility index (Phi) is 4.78. The Morgan fingerprint density at radius 2 is 2.13 bits per heavy atom. The van der Waals surface area contributed by atoms with Crippen LogP contribution in [-0.4, -0.2) is 29.2 Å². The van der Waals surface area contributed by atoms with E-state index in [1.165, 1.54) is 0 Å². The van der Waals surface area contributed by atoms with Crippen LogP contribution in [0, 0.1) is 6.92 Å². The lowest BCUT2D eigenvalue weighted by Gasteiger charge is -2.22. The van der Waals surface area contributed by atoms with Crippen molar-refractivity contribution in [3.8, 4) is 6.01 Å². The highest BCUT2D eigenvalue weighted by Gasteiger charge is 2.15. The Hall–Kier alpha value is -0.870. The number of hydrogen-bond acceptors (Lipinski definition) is 4. The molecule has 2 rings (SSSR count). The van der Waals surface area contributed by atoms with Crippen molar-refractivity contribution in [2.24, 2.45) is 0 Å². The summed E-state index contributed by atoms with van der Waals surface area (Å²) >= 11 is 0. The van der Waals surface area contributed by atoms with Crippen molar-refractivity contribution < 1.29 is 4.74 Å². The van der Waals surface area contributed by atoms with E-state index in [0.717, 1.165) is 31.5 Å². The van der Waals surface area contributed by atoms with Crippen molar-refractivity contribution in [1.82, 2.24) is 15.3 Å². The minimum atomic E-state index is 0. The molecule has 0 bridgehead atoms. The van der Waals surface area contributed by atoms with Crippen molar-refractivity contribution in [2.75, 3.05) is 13.1 Å². The molecule has 0 radical (unpaired) electrons. The van der Waals surface area contributed by atoms with Gasteiger partial charge in [-0.15, -0.1) is 12.4 Å². The number of piperidine rings is 1. The van der Waals surface area contributed by atoms with E-state index in [-0.39, 0.29) is 18.5 Å². The maximum atomic E-state index is 5.63. The van der Waals surface area contributed by atoms with E-state index in [1.807, 2.05) is 6.92 Å². The number of aryl methyl sites for hydroxylation is 1. The third-order valence-corrected chi connectivity index (χ3v) is 2.28. The zero-order valence-corrected chi connectivity index (χ0v) is 9.59. The van der Waals surface area contributed by atoms with Gasteiger partial charge in [0.2, 0.25) is 0 Å². The molecule has 1 N–H and O–H groups in total. The summed E-state index contributed by atoms with van der Waals surface area (Å²) in [6.45, 7) is 3.96. The minimum absolute atomic E-state index is 0. The maximum Gasteiger partial charge on any atom is 0.316 e. The molecule has 1 atom stereocenters. The van der Waals surface area contributed by atoms with Gasteiger partial charge in [0, 0.05) is 18.9 Å². The Morgan fingerprint density at radius 1 is 1.40 bits per heavy atom. The second-order valence-corrected chi connectivity index (χ2v) is 3.63. The summed E-state index contributed by atoms with van der Waals surface area (Å²) in [5.74, 6) is 0. The topological polar surface area (TPSA) is 47.0 Å². The van der Waals surface area contributed by atoms with Crippen LogP contribution in [0.15, 0.2) is 12.4 Å². The monoisotopic (exact) mass is 229 g/mol. The van der Waals surface area contributed by atoms with Gasteiger partial charge in [-0.2, -0.15) is 0 Å². The molecule has 0 aromatic carbocycles. The SMILES string of the molecule is Cc1cnc(OC2CCCNC2)nc1.Cl. The Labute approximate surface area is 95.9 Å². The number of hydrogen-bond donors (Lipinski definition) is 1. The largest absolute Gasteiger partial charge is 0.459 e. The van der Waals surface area contributed by atoms with Crippen LogP contribution in [0.1, 0.15) is 18.4 Å². The summed E-state index contributed by atoms with van der Waals surface area (Å²) in [7, 11) is 0. The van der Waals surface area contributed by atoms with E-state index < -0.39 is 0 Å². The van der Waals surface area contributed by atoms with Gasteiger partial charge in [0.05, 0.1) is 0 Å². The molecule has 1 saturated heterocycles. The fourth-order valence-corrected chi connectivity index (χ4v) is 1.51. The van der Waals surface area contributed by atoms with Gasteiger partial charge in [0.25, 0.3) is 0 Å². The molecule has 5 heteroatoms. The Bertz CT molecular complexity index is 285. The van der Waals surface area contributed by atoms with Crippen molar-refractivity contribution in [3.63, 3.8) is 0 Å². The Balaban J connectivity index is 0.00000112. The van der Waals surface area contributed by atoms with Crippen LogP contribution in [0.25, 0.3) is 0 Å². The predicted molar refractivity (Wildman–Crippen MR) is 60.5 cm³/mol. The van der Waals surface area contributed by atoms with E-state index in [4.69, 9.17) is 4.74 Å². The highest BCUT2D eigenvalue weighted by atomic mass is 35.5. The fraction of sp³-hybridized carbons (Fsp3) is 0.600. The quantitative estimate of drug-likeness (QED) is 0.832.